The smallest absolute Gasteiger partial charge is 0.475 e. The number of rotatable bonds is 6. The number of aromatic nitrogens is 1. The average Bonchev–Trinajstić information content (AvgIpc) is 3.33. The molecule has 1 aromatic heterocycles. The first-order valence-corrected chi connectivity index (χ1v) is 12.9. The van der Waals surface area contributed by atoms with E-state index in [2.05, 4.69) is 44.8 Å². The molecular weight excluding hydrogens is 513 g/mol. The monoisotopic (exact) mass is 544 g/mol. The molecule has 4 N–H and O–H groups in total. The Bertz CT molecular complexity index is 1320. The minimum Gasteiger partial charge on any atom is -0.475 e. The number of alkyl halides is 3. The van der Waals surface area contributed by atoms with E-state index in [9.17, 15) is 22.8 Å². The predicted octanol–water partition coefficient (Wildman–Crippen LogP) is 3.80. The first-order valence-electron chi connectivity index (χ1n) is 12.9. The molecule has 2 amide bonds. The standard InChI is InChI=1S/C26H30N4O2.C2HF3O2/c31-25-21-9-10-22-24(20(21)12-14-27-25)19(16-29-22)11-13-28-26(32)23-8-4-5-15-30(23)17-18-6-2-1-3-7-18;3-2(4,5)1(6)7/h1-3,6-7,9-10,16,23,29H,4-5,8,11-15,17H2,(H,27,31)(H,28,32);(H,6,7). The zero-order chi connectivity index (χ0) is 28.0. The summed E-state index contributed by atoms with van der Waals surface area (Å²) in [4.78, 5) is 39.8. The van der Waals surface area contributed by atoms with Crippen LogP contribution >= 0.6 is 0 Å². The van der Waals surface area contributed by atoms with E-state index < -0.39 is 12.1 Å². The van der Waals surface area contributed by atoms with Crippen molar-refractivity contribution in [2.45, 2.75) is 50.9 Å². The molecule has 11 heteroatoms. The number of carbonyl (C=O) groups excluding carboxylic acids is 2. The second-order valence-corrected chi connectivity index (χ2v) is 9.65. The lowest BCUT2D eigenvalue weighted by molar-refractivity contribution is -0.192. The molecule has 208 valence electrons. The average molecular weight is 545 g/mol. The van der Waals surface area contributed by atoms with E-state index in [0.29, 0.717) is 13.1 Å². The van der Waals surface area contributed by atoms with Gasteiger partial charge in [-0.25, -0.2) is 4.79 Å². The van der Waals surface area contributed by atoms with Crippen LogP contribution in [0.15, 0.2) is 48.7 Å². The first-order chi connectivity index (χ1) is 18.6. The third kappa shape index (κ3) is 6.97. The quantitative estimate of drug-likeness (QED) is 0.377. The summed E-state index contributed by atoms with van der Waals surface area (Å²) in [7, 11) is 0. The number of fused-ring (bicyclic) bond motifs is 3. The van der Waals surface area contributed by atoms with Gasteiger partial charge in [-0.1, -0.05) is 36.8 Å². The highest BCUT2D eigenvalue weighted by atomic mass is 19.4. The van der Waals surface area contributed by atoms with Crippen LogP contribution in [-0.4, -0.2) is 64.6 Å². The van der Waals surface area contributed by atoms with Gasteiger partial charge in [0.15, 0.2) is 0 Å². The molecule has 2 aromatic carbocycles. The van der Waals surface area contributed by atoms with E-state index in [1.807, 2.05) is 24.4 Å². The van der Waals surface area contributed by atoms with Crippen LogP contribution in [0.5, 0.6) is 0 Å². The van der Waals surface area contributed by atoms with Gasteiger partial charge in [0.05, 0.1) is 6.04 Å². The minimum atomic E-state index is -5.08. The second-order valence-electron chi connectivity index (χ2n) is 9.65. The van der Waals surface area contributed by atoms with E-state index in [1.165, 1.54) is 5.56 Å². The molecule has 1 atom stereocenters. The Morgan fingerprint density at radius 3 is 2.56 bits per heavy atom. The molecule has 0 spiro atoms. The maximum atomic E-state index is 13.1. The molecule has 1 unspecified atom stereocenters. The number of halogens is 3. The Morgan fingerprint density at radius 2 is 1.85 bits per heavy atom. The molecule has 3 heterocycles. The fourth-order valence-electron chi connectivity index (χ4n) is 5.17. The molecule has 0 aliphatic carbocycles. The van der Waals surface area contributed by atoms with Crippen molar-refractivity contribution in [3.8, 4) is 0 Å². The molecule has 0 radical (unpaired) electrons. The van der Waals surface area contributed by atoms with Crippen LogP contribution in [0.3, 0.4) is 0 Å². The van der Waals surface area contributed by atoms with E-state index in [-0.39, 0.29) is 17.9 Å². The van der Waals surface area contributed by atoms with Crippen molar-refractivity contribution in [2.75, 3.05) is 19.6 Å². The number of carboxylic acid groups (broad SMARTS) is 1. The van der Waals surface area contributed by atoms with Gasteiger partial charge < -0.3 is 20.7 Å². The van der Waals surface area contributed by atoms with Crippen LogP contribution < -0.4 is 10.6 Å². The van der Waals surface area contributed by atoms with Gasteiger partial charge in [-0.15, -0.1) is 0 Å². The number of aliphatic carboxylic acids is 1. The zero-order valence-electron chi connectivity index (χ0n) is 21.3. The summed E-state index contributed by atoms with van der Waals surface area (Å²) in [5.74, 6) is -2.63. The number of likely N-dealkylation sites (tertiary alicyclic amines) is 1. The SMILES string of the molecule is O=C(O)C(F)(F)F.O=C1NCCc2c1ccc1[nH]cc(CCNC(=O)C3CCCCN3Cc3ccccc3)c21. The van der Waals surface area contributed by atoms with Crippen molar-refractivity contribution in [3.05, 3.63) is 70.9 Å². The third-order valence-electron chi connectivity index (χ3n) is 7.02. The van der Waals surface area contributed by atoms with Gasteiger partial charge in [0.1, 0.15) is 0 Å². The predicted molar refractivity (Wildman–Crippen MR) is 139 cm³/mol. The molecule has 0 bridgehead atoms. The first kappa shape index (κ1) is 28.2. The van der Waals surface area contributed by atoms with Crippen LogP contribution in [0.2, 0.25) is 0 Å². The lowest BCUT2D eigenvalue weighted by Gasteiger charge is -2.34. The number of H-pyrrole nitrogens is 1. The van der Waals surface area contributed by atoms with Crippen molar-refractivity contribution in [1.82, 2.24) is 20.5 Å². The highest BCUT2D eigenvalue weighted by Gasteiger charge is 2.38. The summed E-state index contributed by atoms with van der Waals surface area (Å²) in [6.45, 7) is 3.04. The summed E-state index contributed by atoms with van der Waals surface area (Å²) in [6, 6.07) is 14.2. The van der Waals surface area contributed by atoms with Gasteiger partial charge in [0.2, 0.25) is 5.91 Å². The summed E-state index contributed by atoms with van der Waals surface area (Å²) in [5.41, 5.74) is 5.36. The Kier molecular flexibility index (Phi) is 8.90. The number of hydrogen-bond acceptors (Lipinski definition) is 4. The van der Waals surface area contributed by atoms with Crippen molar-refractivity contribution in [3.63, 3.8) is 0 Å². The van der Waals surface area contributed by atoms with E-state index in [4.69, 9.17) is 9.90 Å². The summed E-state index contributed by atoms with van der Waals surface area (Å²) < 4.78 is 31.7. The van der Waals surface area contributed by atoms with Gasteiger partial charge in [-0.2, -0.15) is 13.2 Å². The van der Waals surface area contributed by atoms with Crippen LogP contribution in [-0.2, 0) is 29.0 Å². The number of benzene rings is 2. The number of amides is 2. The third-order valence-corrected chi connectivity index (χ3v) is 7.02. The van der Waals surface area contributed by atoms with E-state index in [0.717, 1.165) is 72.8 Å². The van der Waals surface area contributed by atoms with Gasteiger partial charge in [-0.05, 0) is 61.1 Å². The number of carboxylic acids is 1. The normalized spacial score (nSPS) is 17.5. The van der Waals surface area contributed by atoms with Crippen LogP contribution in [0, 0.1) is 0 Å². The molecule has 0 saturated carbocycles. The topological polar surface area (TPSA) is 115 Å². The summed E-state index contributed by atoms with van der Waals surface area (Å²) in [6.07, 6.45) is 1.67. The molecule has 3 aromatic rings. The van der Waals surface area contributed by atoms with Crippen LogP contribution in [0.1, 0.15) is 46.3 Å². The Morgan fingerprint density at radius 1 is 1.10 bits per heavy atom. The molecule has 8 nitrogen and oxygen atoms in total. The Labute approximate surface area is 223 Å². The molecular formula is C28H31F3N4O4. The lowest BCUT2D eigenvalue weighted by atomic mass is 9.94. The van der Waals surface area contributed by atoms with Crippen LogP contribution in [0.4, 0.5) is 13.2 Å². The molecule has 1 fully saturated rings. The fourth-order valence-corrected chi connectivity index (χ4v) is 5.17. The van der Waals surface area contributed by atoms with Gasteiger partial charge in [0, 0.05) is 42.3 Å². The fraction of sp³-hybridized carbons (Fsp3) is 0.393. The molecule has 1 saturated heterocycles. The maximum absolute atomic E-state index is 13.1. The number of aromatic amines is 1. The number of hydrogen-bond donors (Lipinski definition) is 4. The number of nitrogens with one attached hydrogen (secondary N) is 3. The van der Waals surface area contributed by atoms with Crippen molar-refractivity contribution in [2.24, 2.45) is 0 Å². The van der Waals surface area contributed by atoms with Crippen molar-refractivity contribution < 1.29 is 32.7 Å². The molecule has 39 heavy (non-hydrogen) atoms. The summed E-state index contributed by atoms with van der Waals surface area (Å²) in [5, 5.41) is 14.4. The van der Waals surface area contributed by atoms with E-state index >= 15 is 0 Å². The second kappa shape index (κ2) is 12.3. The Balaban J connectivity index is 0.000000448. The van der Waals surface area contributed by atoms with Crippen molar-refractivity contribution >= 4 is 28.7 Å². The van der Waals surface area contributed by atoms with Gasteiger partial charge in [-0.3, -0.25) is 14.5 Å². The maximum Gasteiger partial charge on any atom is 0.490 e. The summed E-state index contributed by atoms with van der Waals surface area (Å²) >= 11 is 0. The minimum absolute atomic E-state index is 0.00408. The van der Waals surface area contributed by atoms with Crippen LogP contribution in [0.25, 0.3) is 10.9 Å². The largest absolute Gasteiger partial charge is 0.490 e. The zero-order valence-corrected chi connectivity index (χ0v) is 21.3. The van der Waals surface area contributed by atoms with E-state index in [1.54, 1.807) is 0 Å². The Hall–Kier alpha value is -3.86. The number of carbonyl (C=O) groups is 3. The van der Waals surface area contributed by atoms with Crippen molar-refractivity contribution in [1.29, 1.82) is 0 Å². The molecule has 2 aliphatic rings. The highest BCUT2D eigenvalue weighted by molar-refractivity contribution is 6.03. The number of piperidine rings is 1. The molecule has 2 aliphatic heterocycles. The van der Waals surface area contributed by atoms with Gasteiger partial charge in [0.25, 0.3) is 5.91 Å². The number of nitrogens with zero attached hydrogens (tertiary/aromatic N) is 1. The lowest BCUT2D eigenvalue weighted by Crippen LogP contribution is -2.49. The van der Waals surface area contributed by atoms with Gasteiger partial charge >= 0.3 is 12.1 Å². The molecule has 5 rings (SSSR count). The highest BCUT2D eigenvalue weighted by Crippen LogP contribution is 2.28.